The van der Waals surface area contributed by atoms with Crippen molar-refractivity contribution >= 4 is 5.91 Å². The number of amides is 1. The van der Waals surface area contributed by atoms with Crippen molar-refractivity contribution in [3.05, 3.63) is 29.8 Å². The molecule has 3 nitrogen and oxygen atoms in total. The Morgan fingerprint density at radius 2 is 2.13 bits per heavy atom. The molecule has 0 aliphatic rings. The van der Waals surface area contributed by atoms with Gasteiger partial charge in [-0.2, -0.15) is 0 Å². The molecule has 15 heavy (non-hydrogen) atoms. The topological polar surface area (TPSA) is 52.3 Å². The fourth-order valence-electron chi connectivity index (χ4n) is 1.45. The number of hydrogen-bond donors (Lipinski definition) is 1. The zero-order valence-corrected chi connectivity index (χ0v) is 9.19. The number of nitrogens with two attached hydrogens (primary N) is 1. The highest BCUT2D eigenvalue weighted by Crippen LogP contribution is 2.20. The molecule has 0 aliphatic carbocycles. The molecule has 3 heteroatoms. The lowest BCUT2D eigenvalue weighted by Crippen LogP contribution is -2.22. The van der Waals surface area contributed by atoms with Crippen molar-refractivity contribution in [2.45, 2.75) is 32.8 Å². The normalized spacial score (nSPS) is 12.1. The number of carbonyl (C=O) groups is 1. The molecule has 1 aromatic rings. The van der Waals surface area contributed by atoms with Gasteiger partial charge in [-0.25, -0.2) is 0 Å². The van der Waals surface area contributed by atoms with Gasteiger partial charge in [-0.05, 0) is 25.0 Å². The summed E-state index contributed by atoms with van der Waals surface area (Å²) in [6.45, 7) is 3.91. The summed E-state index contributed by atoms with van der Waals surface area (Å²) in [6.07, 6.45) is 0.993. The summed E-state index contributed by atoms with van der Waals surface area (Å²) in [6, 6.07) is 7.83. The molecule has 0 bridgehead atoms. The number of hydrogen-bond acceptors (Lipinski definition) is 2. The Morgan fingerprint density at radius 1 is 1.47 bits per heavy atom. The first-order chi connectivity index (χ1) is 7.13. The van der Waals surface area contributed by atoms with E-state index in [1.54, 1.807) is 0 Å². The second-order valence-electron chi connectivity index (χ2n) is 3.56. The molecule has 0 saturated carbocycles. The number of para-hydroxylation sites is 1. The second kappa shape index (κ2) is 5.39. The predicted octanol–water partition coefficient (Wildman–Crippen LogP) is 1.89. The highest BCUT2D eigenvalue weighted by Gasteiger charge is 2.09. The van der Waals surface area contributed by atoms with E-state index >= 15 is 0 Å². The van der Waals surface area contributed by atoms with Crippen LogP contribution in [0.5, 0.6) is 5.75 Å². The summed E-state index contributed by atoms with van der Waals surface area (Å²) < 4.78 is 5.65. The molecule has 1 amide bonds. The van der Waals surface area contributed by atoms with Crippen LogP contribution in [-0.2, 0) is 11.2 Å². The summed E-state index contributed by atoms with van der Waals surface area (Å²) in [5.41, 5.74) is 6.25. The molecular formula is C12H17NO2. The van der Waals surface area contributed by atoms with Crippen LogP contribution in [0.2, 0.25) is 0 Å². The third-order valence-electron chi connectivity index (χ3n) is 2.17. The smallest absolute Gasteiger partial charge is 0.221 e. The van der Waals surface area contributed by atoms with Gasteiger partial charge in [0.25, 0.3) is 0 Å². The third kappa shape index (κ3) is 3.62. The molecule has 0 saturated heterocycles. The van der Waals surface area contributed by atoms with Crippen LogP contribution in [0.25, 0.3) is 0 Å². The van der Waals surface area contributed by atoms with Crippen LogP contribution in [-0.4, -0.2) is 12.0 Å². The number of benzene rings is 1. The van der Waals surface area contributed by atoms with Gasteiger partial charge in [-0.15, -0.1) is 0 Å². The molecule has 0 aromatic heterocycles. The van der Waals surface area contributed by atoms with Crippen LogP contribution in [0.3, 0.4) is 0 Å². The van der Waals surface area contributed by atoms with Crippen molar-refractivity contribution in [2.75, 3.05) is 0 Å². The van der Waals surface area contributed by atoms with E-state index in [1.807, 2.05) is 31.2 Å². The van der Waals surface area contributed by atoms with Crippen molar-refractivity contribution in [3.8, 4) is 5.75 Å². The van der Waals surface area contributed by atoms with Gasteiger partial charge in [0, 0.05) is 0 Å². The van der Waals surface area contributed by atoms with E-state index in [0.29, 0.717) is 0 Å². The first-order valence-corrected chi connectivity index (χ1v) is 5.16. The van der Waals surface area contributed by atoms with Crippen molar-refractivity contribution in [3.63, 3.8) is 0 Å². The van der Waals surface area contributed by atoms with Gasteiger partial charge in [0.2, 0.25) is 5.91 Å². The molecule has 2 N–H and O–H groups in total. The second-order valence-corrected chi connectivity index (χ2v) is 3.56. The molecule has 0 fully saturated rings. The van der Waals surface area contributed by atoms with E-state index in [2.05, 4.69) is 6.92 Å². The lowest BCUT2D eigenvalue weighted by Gasteiger charge is -2.15. The molecule has 1 rings (SSSR count). The van der Waals surface area contributed by atoms with Crippen LogP contribution in [0.1, 0.15) is 25.8 Å². The monoisotopic (exact) mass is 207 g/mol. The Kier molecular flexibility index (Phi) is 4.16. The number of primary amides is 1. The van der Waals surface area contributed by atoms with Crippen molar-refractivity contribution in [2.24, 2.45) is 5.73 Å². The van der Waals surface area contributed by atoms with Crippen molar-refractivity contribution < 1.29 is 9.53 Å². The van der Waals surface area contributed by atoms with Crippen LogP contribution >= 0.6 is 0 Å². The van der Waals surface area contributed by atoms with E-state index in [9.17, 15) is 4.79 Å². The van der Waals surface area contributed by atoms with Gasteiger partial charge in [-0.3, -0.25) is 4.79 Å². The maximum atomic E-state index is 10.7. The minimum atomic E-state index is -0.337. The summed E-state index contributed by atoms with van der Waals surface area (Å²) in [7, 11) is 0. The Bertz CT molecular complexity index is 336. The number of rotatable bonds is 5. The molecule has 1 unspecified atom stereocenters. The predicted molar refractivity (Wildman–Crippen MR) is 59.7 cm³/mol. The molecule has 0 radical (unpaired) electrons. The molecule has 1 aromatic carbocycles. The lowest BCUT2D eigenvalue weighted by molar-refractivity contribution is -0.119. The average molecular weight is 207 g/mol. The minimum Gasteiger partial charge on any atom is -0.490 e. The number of ether oxygens (including phenoxy) is 1. The molecule has 0 aliphatic heterocycles. The maximum absolute atomic E-state index is 10.7. The van der Waals surface area contributed by atoms with Crippen LogP contribution in [0.15, 0.2) is 24.3 Å². The fraction of sp³-hybridized carbons (Fsp3) is 0.417. The number of aryl methyl sites for hydroxylation is 1. The summed E-state index contributed by atoms with van der Waals surface area (Å²) in [5, 5.41) is 0. The summed E-state index contributed by atoms with van der Waals surface area (Å²) in [5.74, 6) is 0.505. The number of carbonyl (C=O) groups excluding carboxylic acids is 1. The largest absolute Gasteiger partial charge is 0.490 e. The molecule has 0 spiro atoms. The van der Waals surface area contributed by atoms with Crippen molar-refractivity contribution in [1.29, 1.82) is 0 Å². The Hall–Kier alpha value is -1.51. The van der Waals surface area contributed by atoms with Crippen LogP contribution in [0.4, 0.5) is 0 Å². The van der Waals surface area contributed by atoms with E-state index in [1.165, 1.54) is 0 Å². The molecule has 0 heterocycles. The minimum absolute atomic E-state index is 0.171. The van der Waals surface area contributed by atoms with Crippen LogP contribution < -0.4 is 10.5 Å². The fourth-order valence-corrected chi connectivity index (χ4v) is 1.45. The summed E-state index contributed by atoms with van der Waals surface area (Å²) in [4.78, 5) is 10.7. The van der Waals surface area contributed by atoms with E-state index in [4.69, 9.17) is 10.5 Å². The zero-order chi connectivity index (χ0) is 11.3. The first-order valence-electron chi connectivity index (χ1n) is 5.16. The van der Waals surface area contributed by atoms with Gasteiger partial charge < -0.3 is 10.5 Å². The van der Waals surface area contributed by atoms with Gasteiger partial charge >= 0.3 is 0 Å². The summed E-state index contributed by atoms with van der Waals surface area (Å²) >= 11 is 0. The Labute approximate surface area is 90.2 Å². The van der Waals surface area contributed by atoms with Gasteiger partial charge in [0.05, 0.1) is 6.42 Å². The standard InChI is InChI=1S/C12H17NO2/c1-3-10-6-4-5-7-11(10)15-9(2)8-12(13)14/h4-7,9H,3,8H2,1-2H3,(H2,13,14). The molecular weight excluding hydrogens is 190 g/mol. The SMILES string of the molecule is CCc1ccccc1OC(C)CC(N)=O. The van der Waals surface area contributed by atoms with Gasteiger partial charge in [0.15, 0.2) is 0 Å². The first kappa shape index (κ1) is 11.6. The molecule has 82 valence electrons. The van der Waals surface area contributed by atoms with Gasteiger partial charge in [0.1, 0.15) is 11.9 Å². The van der Waals surface area contributed by atoms with E-state index in [-0.39, 0.29) is 18.4 Å². The van der Waals surface area contributed by atoms with Crippen LogP contribution in [0, 0.1) is 0 Å². The molecule has 1 atom stereocenters. The zero-order valence-electron chi connectivity index (χ0n) is 9.19. The lowest BCUT2D eigenvalue weighted by atomic mass is 10.1. The van der Waals surface area contributed by atoms with E-state index < -0.39 is 0 Å². The highest BCUT2D eigenvalue weighted by molar-refractivity contribution is 5.74. The average Bonchev–Trinajstić information content (AvgIpc) is 2.17. The van der Waals surface area contributed by atoms with Gasteiger partial charge in [-0.1, -0.05) is 25.1 Å². The highest BCUT2D eigenvalue weighted by atomic mass is 16.5. The van der Waals surface area contributed by atoms with Crippen molar-refractivity contribution in [1.82, 2.24) is 0 Å². The van der Waals surface area contributed by atoms with E-state index in [0.717, 1.165) is 17.7 Å². The Balaban J connectivity index is 2.67. The third-order valence-corrected chi connectivity index (χ3v) is 2.17. The quantitative estimate of drug-likeness (QED) is 0.801. The Morgan fingerprint density at radius 3 is 2.73 bits per heavy atom. The maximum Gasteiger partial charge on any atom is 0.221 e.